The number of carbonyl (C=O) groups is 1. The van der Waals surface area contributed by atoms with Crippen LogP contribution in [0.3, 0.4) is 0 Å². The Kier molecular flexibility index (Phi) is 8.24. The lowest BCUT2D eigenvalue weighted by molar-refractivity contribution is -0.129. The minimum Gasteiger partial charge on any atom is -0.497 e. The summed E-state index contributed by atoms with van der Waals surface area (Å²) in [5.74, 6) is 0.855. The monoisotopic (exact) mass is 414 g/mol. The van der Waals surface area contributed by atoms with E-state index in [2.05, 4.69) is 5.32 Å². The fourth-order valence-electron chi connectivity index (χ4n) is 2.95. The summed E-state index contributed by atoms with van der Waals surface area (Å²) in [7, 11) is 5.35. The first-order valence-corrected chi connectivity index (χ1v) is 9.29. The van der Waals surface area contributed by atoms with E-state index < -0.39 is 0 Å². The van der Waals surface area contributed by atoms with Crippen LogP contribution in [0, 0.1) is 0 Å². The number of benzene rings is 2. The molecule has 29 heavy (non-hydrogen) atoms. The minimum absolute atomic E-state index is 0. The van der Waals surface area contributed by atoms with Crippen LogP contribution in [0.25, 0.3) is 16.9 Å². The van der Waals surface area contributed by atoms with Crippen molar-refractivity contribution in [2.75, 3.05) is 34.3 Å². The Morgan fingerprint density at radius 3 is 2.45 bits per heavy atom. The summed E-state index contributed by atoms with van der Waals surface area (Å²) >= 11 is 0. The SMILES string of the molecule is CNCCN(C)C(=O)Cc1cn(-c2ccccc2)nc1-c1ccc(OC)cc1.Cl. The van der Waals surface area contributed by atoms with Crippen LogP contribution in [-0.2, 0) is 11.2 Å². The zero-order valence-electron chi connectivity index (χ0n) is 17.0. The lowest BCUT2D eigenvalue weighted by Crippen LogP contribution is -2.33. The van der Waals surface area contributed by atoms with Crippen molar-refractivity contribution in [1.29, 1.82) is 0 Å². The Hall–Kier alpha value is -2.83. The number of nitrogens with one attached hydrogen (secondary N) is 1. The quantitative estimate of drug-likeness (QED) is 0.615. The van der Waals surface area contributed by atoms with Crippen molar-refractivity contribution in [2.45, 2.75) is 6.42 Å². The summed E-state index contributed by atoms with van der Waals surface area (Å²) in [4.78, 5) is 14.4. The van der Waals surface area contributed by atoms with Crippen LogP contribution in [-0.4, -0.2) is 54.9 Å². The number of amides is 1. The number of para-hydroxylation sites is 1. The highest BCUT2D eigenvalue weighted by atomic mass is 35.5. The van der Waals surface area contributed by atoms with Gasteiger partial charge in [-0.15, -0.1) is 12.4 Å². The molecule has 0 fully saturated rings. The third-order valence-electron chi connectivity index (χ3n) is 4.64. The molecule has 0 aliphatic rings. The van der Waals surface area contributed by atoms with Gasteiger partial charge < -0.3 is 15.0 Å². The number of hydrogen-bond acceptors (Lipinski definition) is 4. The van der Waals surface area contributed by atoms with E-state index in [1.807, 2.05) is 79.6 Å². The Morgan fingerprint density at radius 1 is 1.14 bits per heavy atom. The molecular formula is C22H27ClN4O2. The van der Waals surface area contributed by atoms with E-state index in [9.17, 15) is 4.79 Å². The number of aromatic nitrogens is 2. The summed E-state index contributed by atoms with van der Waals surface area (Å²) in [5.41, 5.74) is 3.62. The Morgan fingerprint density at radius 2 is 1.83 bits per heavy atom. The van der Waals surface area contributed by atoms with Gasteiger partial charge >= 0.3 is 0 Å². The standard InChI is InChI=1S/C22H26N4O2.ClH/c1-23-13-14-25(2)21(27)15-18-16-26(19-7-5-4-6-8-19)24-22(18)17-9-11-20(28-3)12-10-17;/h4-12,16,23H,13-15H2,1-3H3;1H. The Labute approximate surface area is 177 Å². The molecule has 3 rings (SSSR count). The van der Waals surface area contributed by atoms with Crippen LogP contribution < -0.4 is 10.1 Å². The summed E-state index contributed by atoms with van der Waals surface area (Å²) in [6.07, 6.45) is 2.24. The third-order valence-corrected chi connectivity index (χ3v) is 4.64. The largest absolute Gasteiger partial charge is 0.497 e. The number of methoxy groups -OCH3 is 1. The Bertz CT molecular complexity index is 910. The third kappa shape index (κ3) is 5.59. The molecule has 1 aromatic heterocycles. The van der Waals surface area contributed by atoms with Crippen LogP contribution in [0.15, 0.2) is 60.8 Å². The van der Waals surface area contributed by atoms with Gasteiger partial charge in [-0.2, -0.15) is 5.10 Å². The number of likely N-dealkylation sites (N-methyl/N-ethyl adjacent to an activating group) is 2. The molecule has 154 valence electrons. The van der Waals surface area contributed by atoms with E-state index in [-0.39, 0.29) is 18.3 Å². The maximum atomic E-state index is 12.7. The number of halogens is 1. The molecule has 0 radical (unpaired) electrons. The van der Waals surface area contributed by atoms with Crippen LogP contribution in [0.5, 0.6) is 5.75 Å². The number of carbonyl (C=O) groups excluding carboxylic acids is 1. The molecule has 2 aromatic carbocycles. The molecule has 0 saturated carbocycles. The second-order valence-corrected chi connectivity index (χ2v) is 6.61. The molecular weight excluding hydrogens is 388 g/mol. The van der Waals surface area contributed by atoms with Gasteiger partial charge in [0.05, 0.1) is 24.9 Å². The molecule has 7 heteroatoms. The molecule has 0 bridgehead atoms. The van der Waals surface area contributed by atoms with Gasteiger partial charge in [-0.3, -0.25) is 4.79 Å². The van der Waals surface area contributed by atoms with E-state index in [1.165, 1.54) is 0 Å². The second kappa shape index (κ2) is 10.6. The number of nitrogens with zero attached hydrogens (tertiary/aromatic N) is 3. The lowest BCUT2D eigenvalue weighted by atomic mass is 10.1. The van der Waals surface area contributed by atoms with E-state index >= 15 is 0 Å². The first kappa shape index (κ1) is 22.5. The molecule has 1 amide bonds. The van der Waals surface area contributed by atoms with Crippen LogP contribution in [0.4, 0.5) is 0 Å². The van der Waals surface area contributed by atoms with Crippen LogP contribution in [0.2, 0.25) is 0 Å². The van der Waals surface area contributed by atoms with Gasteiger partial charge in [-0.1, -0.05) is 18.2 Å². The van der Waals surface area contributed by atoms with Crippen molar-refractivity contribution in [3.8, 4) is 22.7 Å². The first-order chi connectivity index (χ1) is 13.6. The summed E-state index contributed by atoms with van der Waals surface area (Å²) in [5, 5.41) is 7.84. The van der Waals surface area contributed by atoms with Gasteiger partial charge in [-0.05, 0) is 43.4 Å². The predicted octanol–water partition coefficient (Wildman–Crippen LogP) is 3.19. The number of hydrogen-bond donors (Lipinski definition) is 1. The molecule has 1 heterocycles. The topological polar surface area (TPSA) is 59.4 Å². The van der Waals surface area contributed by atoms with Gasteiger partial charge in [0, 0.05) is 37.5 Å². The van der Waals surface area contributed by atoms with Crippen molar-refractivity contribution >= 4 is 18.3 Å². The zero-order chi connectivity index (χ0) is 19.9. The molecule has 0 aliphatic heterocycles. The average Bonchev–Trinajstić information content (AvgIpc) is 3.16. The van der Waals surface area contributed by atoms with Crippen molar-refractivity contribution in [2.24, 2.45) is 0 Å². The van der Waals surface area contributed by atoms with E-state index in [4.69, 9.17) is 9.84 Å². The number of rotatable bonds is 8. The van der Waals surface area contributed by atoms with Gasteiger partial charge in [0.15, 0.2) is 0 Å². The van der Waals surface area contributed by atoms with Crippen LogP contribution in [0.1, 0.15) is 5.56 Å². The maximum absolute atomic E-state index is 12.7. The fourth-order valence-corrected chi connectivity index (χ4v) is 2.95. The summed E-state index contributed by atoms with van der Waals surface area (Å²) in [6, 6.07) is 17.7. The van der Waals surface area contributed by atoms with Crippen molar-refractivity contribution in [3.63, 3.8) is 0 Å². The molecule has 0 spiro atoms. The highest BCUT2D eigenvalue weighted by Crippen LogP contribution is 2.26. The van der Waals surface area contributed by atoms with E-state index in [0.29, 0.717) is 13.0 Å². The molecule has 0 unspecified atom stereocenters. The van der Waals surface area contributed by atoms with Gasteiger partial charge in [0.2, 0.25) is 5.91 Å². The molecule has 1 N–H and O–H groups in total. The van der Waals surface area contributed by atoms with Gasteiger partial charge in [0.1, 0.15) is 5.75 Å². The van der Waals surface area contributed by atoms with Gasteiger partial charge in [0.25, 0.3) is 0 Å². The minimum atomic E-state index is 0. The van der Waals surface area contributed by atoms with Crippen LogP contribution >= 0.6 is 12.4 Å². The molecule has 3 aromatic rings. The highest BCUT2D eigenvalue weighted by molar-refractivity contribution is 5.85. The van der Waals surface area contributed by atoms with Crippen molar-refractivity contribution in [1.82, 2.24) is 20.0 Å². The normalized spacial score (nSPS) is 10.3. The predicted molar refractivity (Wildman–Crippen MR) is 118 cm³/mol. The van der Waals surface area contributed by atoms with Crippen molar-refractivity contribution in [3.05, 3.63) is 66.4 Å². The smallest absolute Gasteiger partial charge is 0.226 e. The van der Waals surface area contributed by atoms with E-state index in [1.54, 1.807) is 12.0 Å². The van der Waals surface area contributed by atoms with Crippen molar-refractivity contribution < 1.29 is 9.53 Å². The molecule has 6 nitrogen and oxygen atoms in total. The highest BCUT2D eigenvalue weighted by Gasteiger charge is 2.17. The molecule has 0 aliphatic carbocycles. The second-order valence-electron chi connectivity index (χ2n) is 6.61. The summed E-state index contributed by atoms with van der Waals surface area (Å²) < 4.78 is 7.08. The maximum Gasteiger partial charge on any atom is 0.226 e. The number of ether oxygens (including phenoxy) is 1. The first-order valence-electron chi connectivity index (χ1n) is 9.29. The average molecular weight is 415 g/mol. The van der Waals surface area contributed by atoms with E-state index in [0.717, 1.165) is 34.8 Å². The fraction of sp³-hybridized carbons (Fsp3) is 0.273. The zero-order valence-corrected chi connectivity index (χ0v) is 17.8. The Balaban J connectivity index is 0.00000300. The summed E-state index contributed by atoms with van der Waals surface area (Å²) in [6.45, 7) is 1.43. The molecule has 0 atom stereocenters. The molecule has 0 saturated heterocycles. The lowest BCUT2D eigenvalue weighted by Gasteiger charge is -2.16. The van der Waals surface area contributed by atoms with Gasteiger partial charge in [-0.25, -0.2) is 4.68 Å².